The highest BCUT2D eigenvalue weighted by molar-refractivity contribution is 5.67. The highest BCUT2D eigenvalue weighted by Crippen LogP contribution is 2.23. The van der Waals surface area contributed by atoms with Crippen molar-refractivity contribution in [1.29, 1.82) is 0 Å². The molecule has 13 nitrogen and oxygen atoms in total. The van der Waals surface area contributed by atoms with E-state index >= 15 is 0 Å². The van der Waals surface area contributed by atoms with Crippen molar-refractivity contribution >= 4 is 23.7 Å². The van der Waals surface area contributed by atoms with Crippen LogP contribution in [0.1, 0.15) is 51.3 Å². The predicted molar refractivity (Wildman–Crippen MR) is 169 cm³/mol. The van der Waals surface area contributed by atoms with Crippen molar-refractivity contribution < 1.29 is 14.3 Å². The van der Waals surface area contributed by atoms with Crippen LogP contribution in [-0.2, 0) is 29.1 Å². The number of alkyl carbamates (subject to hydrolysis) is 1. The number of piperidine rings is 1. The number of nitrogens with zero attached hydrogens (tertiary/aromatic N) is 7. The number of hydrogen-bond donors (Lipinski definition) is 3. The first-order valence-electron chi connectivity index (χ1n) is 15.4. The van der Waals surface area contributed by atoms with Crippen molar-refractivity contribution in [3.8, 4) is 0 Å². The Kier molecular flexibility index (Phi) is 10.5. The Hall–Kier alpha value is -4.39. The summed E-state index contributed by atoms with van der Waals surface area (Å²) in [6, 6.07) is 13.0. The van der Waals surface area contributed by atoms with Crippen molar-refractivity contribution in [2.45, 2.75) is 71.3 Å². The van der Waals surface area contributed by atoms with Gasteiger partial charge in [0.05, 0.1) is 25.5 Å². The Labute approximate surface area is 259 Å². The number of aromatic nitrogens is 5. The van der Waals surface area contributed by atoms with E-state index in [0.717, 1.165) is 49.8 Å². The van der Waals surface area contributed by atoms with Gasteiger partial charge in [0, 0.05) is 51.0 Å². The van der Waals surface area contributed by atoms with Crippen LogP contribution in [0.15, 0.2) is 55.1 Å². The molecule has 2 aromatic heterocycles. The van der Waals surface area contributed by atoms with E-state index in [2.05, 4.69) is 66.4 Å². The van der Waals surface area contributed by atoms with E-state index in [1.807, 2.05) is 39.2 Å². The third-order valence-electron chi connectivity index (χ3n) is 7.23. The maximum atomic E-state index is 11.8. The molecule has 1 aromatic carbocycles. The van der Waals surface area contributed by atoms with Crippen LogP contribution in [-0.4, -0.2) is 80.4 Å². The Morgan fingerprint density at radius 1 is 1.11 bits per heavy atom. The number of carbonyl (C=O) groups excluding carboxylic acids is 1. The summed E-state index contributed by atoms with van der Waals surface area (Å²) in [7, 11) is 0. The van der Waals surface area contributed by atoms with Crippen LogP contribution in [0, 0.1) is 0 Å². The molecule has 0 radical (unpaired) electrons. The number of nitrogens with one attached hydrogen (secondary N) is 3. The lowest BCUT2D eigenvalue weighted by molar-refractivity contribution is 0.0526. The van der Waals surface area contributed by atoms with Crippen LogP contribution < -0.4 is 20.9 Å². The molecule has 1 fully saturated rings. The average molecular weight is 605 g/mol. The van der Waals surface area contributed by atoms with Gasteiger partial charge in [0.1, 0.15) is 29.5 Å². The van der Waals surface area contributed by atoms with Crippen LogP contribution in [0.25, 0.3) is 0 Å². The highest BCUT2D eigenvalue weighted by atomic mass is 16.6. The van der Waals surface area contributed by atoms with E-state index in [4.69, 9.17) is 19.4 Å². The summed E-state index contributed by atoms with van der Waals surface area (Å²) in [5.41, 5.74) is 1.60. The molecule has 13 heteroatoms. The van der Waals surface area contributed by atoms with Gasteiger partial charge in [-0.25, -0.2) is 4.79 Å². The Morgan fingerprint density at radius 3 is 2.68 bits per heavy atom. The molecule has 1 saturated heterocycles. The average Bonchev–Trinajstić information content (AvgIpc) is 3.47. The zero-order valence-electron chi connectivity index (χ0n) is 25.9. The lowest BCUT2D eigenvalue weighted by atomic mass is 10.0. The first-order chi connectivity index (χ1) is 21.3. The van der Waals surface area contributed by atoms with E-state index < -0.39 is 11.7 Å². The maximum absolute atomic E-state index is 11.8. The molecule has 1 amide bonds. The minimum absolute atomic E-state index is 0.336. The number of benzene rings is 1. The van der Waals surface area contributed by atoms with E-state index in [9.17, 15) is 4.79 Å². The molecule has 0 atom stereocenters. The van der Waals surface area contributed by atoms with Crippen LogP contribution in [0.3, 0.4) is 0 Å². The van der Waals surface area contributed by atoms with Crippen molar-refractivity contribution in [1.82, 2.24) is 35.2 Å². The summed E-state index contributed by atoms with van der Waals surface area (Å²) in [4.78, 5) is 26.0. The van der Waals surface area contributed by atoms with Crippen molar-refractivity contribution in [3.63, 3.8) is 0 Å². The molecule has 0 saturated carbocycles. The van der Waals surface area contributed by atoms with Gasteiger partial charge in [0.15, 0.2) is 0 Å². The van der Waals surface area contributed by atoms with E-state index in [1.165, 1.54) is 5.56 Å². The lowest BCUT2D eigenvalue weighted by Crippen LogP contribution is -2.38. The van der Waals surface area contributed by atoms with Gasteiger partial charge in [0.2, 0.25) is 5.95 Å². The van der Waals surface area contributed by atoms with Gasteiger partial charge in [-0.1, -0.05) is 35.5 Å². The molecule has 0 aliphatic carbocycles. The minimum atomic E-state index is -0.517. The fourth-order valence-corrected chi connectivity index (χ4v) is 5.07. The third kappa shape index (κ3) is 9.83. The lowest BCUT2D eigenvalue weighted by Gasteiger charge is -2.33. The molecule has 3 N–H and O–H groups in total. The van der Waals surface area contributed by atoms with Crippen LogP contribution >= 0.6 is 0 Å². The van der Waals surface area contributed by atoms with Crippen molar-refractivity contribution in [3.05, 3.63) is 66.3 Å². The molecule has 0 unspecified atom stereocenters. The smallest absolute Gasteiger partial charge is 0.407 e. The molecular formula is C31H44N10O3. The van der Waals surface area contributed by atoms with Crippen LogP contribution in [0.5, 0.6) is 0 Å². The third-order valence-corrected chi connectivity index (χ3v) is 7.23. The molecule has 4 heterocycles. The number of hydrogen-bond acceptors (Lipinski definition) is 11. The van der Waals surface area contributed by atoms with Crippen LogP contribution in [0.4, 0.5) is 22.4 Å². The second-order valence-electron chi connectivity index (χ2n) is 12.1. The molecule has 3 aromatic rings. The second kappa shape index (κ2) is 14.9. The molecule has 0 bridgehead atoms. The molecular weight excluding hydrogens is 560 g/mol. The van der Waals surface area contributed by atoms with E-state index in [-0.39, 0.29) is 0 Å². The van der Waals surface area contributed by atoms with Gasteiger partial charge in [-0.15, -0.1) is 5.10 Å². The summed E-state index contributed by atoms with van der Waals surface area (Å²) < 4.78 is 12.4. The largest absolute Gasteiger partial charge is 0.498 e. The first-order valence-corrected chi connectivity index (χ1v) is 15.4. The summed E-state index contributed by atoms with van der Waals surface area (Å²) in [6.07, 6.45) is 7.84. The molecule has 0 spiro atoms. The summed E-state index contributed by atoms with van der Waals surface area (Å²) >= 11 is 0. The number of likely N-dealkylation sites (tertiary alicyclic amines) is 1. The van der Waals surface area contributed by atoms with E-state index in [1.54, 1.807) is 10.9 Å². The Morgan fingerprint density at radius 2 is 1.93 bits per heavy atom. The molecule has 2 aliphatic heterocycles. The topological polar surface area (TPSA) is 135 Å². The Balaban J connectivity index is 1.14. The van der Waals surface area contributed by atoms with Crippen LogP contribution in [0.2, 0.25) is 0 Å². The maximum Gasteiger partial charge on any atom is 0.407 e. The highest BCUT2D eigenvalue weighted by Gasteiger charge is 2.21. The summed E-state index contributed by atoms with van der Waals surface area (Å²) in [6.45, 7) is 11.4. The van der Waals surface area contributed by atoms with Gasteiger partial charge >= 0.3 is 6.09 Å². The molecule has 44 heavy (non-hydrogen) atoms. The number of rotatable bonds is 12. The van der Waals surface area contributed by atoms with Gasteiger partial charge in [-0.2, -0.15) is 9.97 Å². The van der Waals surface area contributed by atoms with Crippen molar-refractivity contribution in [2.75, 3.05) is 48.3 Å². The fourth-order valence-electron chi connectivity index (χ4n) is 5.07. The summed E-state index contributed by atoms with van der Waals surface area (Å²) in [5, 5.41) is 18.3. The molecule has 5 rings (SSSR count). The number of anilines is 3. The zero-order valence-corrected chi connectivity index (χ0v) is 25.9. The summed E-state index contributed by atoms with van der Waals surface area (Å²) in [5.74, 6) is 2.11. The second-order valence-corrected chi connectivity index (χ2v) is 12.1. The fraction of sp³-hybridized carbons (Fsp3) is 0.516. The number of aryl methyl sites for hydroxylation is 1. The molecule has 236 valence electrons. The first kappa shape index (κ1) is 31.0. The van der Waals surface area contributed by atoms with Gasteiger partial charge in [0.25, 0.3) is 0 Å². The van der Waals surface area contributed by atoms with Crippen molar-refractivity contribution in [2.24, 2.45) is 0 Å². The van der Waals surface area contributed by atoms with E-state index in [0.29, 0.717) is 51.2 Å². The normalized spacial score (nSPS) is 15.9. The monoisotopic (exact) mass is 604 g/mol. The van der Waals surface area contributed by atoms with Gasteiger partial charge < -0.3 is 30.3 Å². The van der Waals surface area contributed by atoms with Gasteiger partial charge in [-0.3, -0.25) is 9.58 Å². The number of carbonyl (C=O) groups is 1. The predicted octanol–water partition coefficient (Wildman–Crippen LogP) is 3.98. The minimum Gasteiger partial charge on any atom is -0.498 e. The SMILES string of the molecule is CC(C)(C)OC(=O)NCCCn1cc(CNc2nc(NC3CCN(Cc4ccccc4)CC3)cc(N3C=COCC3)n2)nn1. The van der Waals surface area contributed by atoms with Gasteiger partial charge in [-0.05, 0) is 45.6 Å². The molecule has 2 aliphatic rings. The number of amides is 1. The standard InChI is InChI=1S/C31H44N10O3/c1-31(2,3)44-30(42)32-12-7-13-41-23-26(37-38-41)21-33-29-35-27(20-28(36-29)40-16-18-43-19-17-40)34-25-10-14-39(15-11-25)22-24-8-5-4-6-9-24/h4-6,8-9,16,18,20,23,25H,7,10-15,17,19,21-22H2,1-3H3,(H,32,42)(H2,33,34,35,36). The number of ether oxygens (including phenoxy) is 2. The zero-order chi connectivity index (χ0) is 30.8. The Bertz CT molecular complexity index is 1370. The quantitative estimate of drug-likeness (QED) is 0.259.